The standard InChI is InChI=1S/C29H40FNO8S/c1-17-12-21-20-5-4-18-13-19(32)6-8-26(18,2)28(20,30)22(33)14-27(21,3)29(17,37)23(34)16-39-25(36)15-31-24(35)7-9-38-10-11-40/h6,8,13,17,20-22,33,37,40H,4-5,7,9-12,14-16H2,1-3H3,(H,31,35)/t17-,20-,21-,22-,26-,27-,28-,29-/m0/s1. The first kappa shape index (κ1) is 30.9. The van der Waals surface area contributed by atoms with Crippen molar-refractivity contribution in [3.05, 3.63) is 23.8 Å². The van der Waals surface area contributed by atoms with Crippen LogP contribution in [0.5, 0.6) is 0 Å². The minimum atomic E-state index is -2.07. The summed E-state index contributed by atoms with van der Waals surface area (Å²) in [5.74, 6) is -3.29. The molecule has 0 aromatic carbocycles. The third-order valence-electron chi connectivity index (χ3n) is 10.2. The summed E-state index contributed by atoms with van der Waals surface area (Å²) in [4.78, 5) is 49.6. The maximum Gasteiger partial charge on any atom is 0.325 e. The maximum absolute atomic E-state index is 17.2. The molecule has 4 aliphatic rings. The van der Waals surface area contributed by atoms with E-state index in [1.807, 2.05) is 0 Å². The largest absolute Gasteiger partial charge is 0.456 e. The number of Topliss-reactive ketones (excluding diaryl/α,β-unsaturated/α-hetero) is 1. The van der Waals surface area contributed by atoms with E-state index >= 15 is 4.39 Å². The van der Waals surface area contributed by atoms with E-state index in [2.05, 4.69) is 17.9 Å². The van der Waals surface area contributed by atoms with Crippen LogP contribution in [0.3, 0.4) is 0 Å². The van der Waals surface area contributed by atoms with Gasteiger partial charge in [0, 0.05) is 28.9 Å². The number of hydrogen-bond acceptors (Lipinski definition) is 9. The first-order chi connectivity index (χ1) is 18.8. The smallest absolute Gasteiger partial charge is 0.325 e. The fourth-order valence-corrected chi connectivity index (χ4v) is 8.17. The molecule has 11 heteroatoms. The number of halogens is 1. The lowest BCUT2D eigenvalue weighted by atomic mass is 9.44. The van der Waals surface area contributed by atoms with Crippen LogP contribution in [-0.4, -0.2) is 83.1 Å². The molecule has 0 bridgehead atoms. The third-order valence-corrected chi connectivity index (χ3v) is 10.3. The van der Waals surface area contributed by atoms with Gasteiger partial charge in [-0.2, -0.15) is 12.6 Å². The molecule has 0 heterocycles. The van der Waals surface area contributed by atoms with Crippen molar-refractivity contribution < 1.29 is 43.3 Å². The average Bonchev–Trinajstić information content (AvgIpc) is 3.11. The Morgan fingerprint density at radius 1 is 1.23 bits per heavy atom. The lowest BCUT2D eigenvalue weighted by Crippen LogP contribution is -2.69. The molecule has 1 amide bonds. The van der Waals surface area contributed by atoms with E-state index in [-0.39, 0.29) is 25.2 Å². The van der Waals surface area contributed by atoms with Gasteiger partial charge in [-0.3, -0.25) is 19.2 Å². The number of aliphatic hydroxyl groups is 2. The SMILES string of the molecule is C[C@H]1C[C@H]2[C@@H]3CCC4=CC(=O)C=C[C@]4(C)[C@@]3(F)[C@@H](O)C[C@]2(C)[C@@]1(O)C(=O)COC(=O)CNC(=O)CCOCCS. The van der Waals surface area contributed by atoms with Crippen LogP contribution in [0.15, 0.2) is 23.8 Å². The summed E-state index contributed by atoms with van der Waals surface area (Å²) in [6.45, 7) is 4.59. The molecule has 40 heavy (non-hydrogen) atoms. The molecular weight excluding hydrogens is 541 g/mol. The molecule has 0 aromatic rings. The zero-order valence-electron chi connectivity index (χ0n) is 23.3. The zero-order chi connectivity index (χ0) is 29.5. The van der Waals surface area contributed by atoms with Crippen LogP contribution >= 0.6 is 12.6 Å². The minimum absolute atomic E-state index is 0.0545. The molecule has 0 saturated heterocycles. The molecule has 4 rings (SSSR count). The number of hydrogen-bond donors (Lipinski definition) is 4. The molecule has 3 saturated carbocycles. The number of esters is 1. The summed E-state index contributed by atoms with van der Waals surface area (Å²) in [6, 6.07) is 0. The highest BCUT2D eigenvalue weighted by molar-refractivity contribution is 7.80. The van der Waals surface area contributed by atoms with Gasteiger partial charge in [-0.1, -0.05) is 25.5 Å². The van der Waals surface area contributed by atoms with Gasteiger partial charge in [-0.15, -0.1) is 0 Å². The molecule has 0 unspecified atom stereocenters. The molecule has 4 aliphatic carbocycles. The number of carbonyl (C=O) groups is 4. The summed E-state index contributed by atoms with van der Waals surface area (Å²) in [5.41, 5.74) is -5.71. The van der Waals surface area contributed by atoms with Crippen LogP contribution in [0.2, 0.25) is 0 Å². The van der Waals surface area contributed by atoms with Crippen molar-refractivity contribution in [2.75, 3.05) is 32.1 Å². The highest BCUT2D eigenvalue weighted by atomic mass is 32.1. The van der Waals surface area contributed by atoms with Crippen LogP contribution in [0.4, 0.5) is 4.39 Å². The average molecular weight is 582 g/mol. The van der Waals surface area contributed by atoms with Gasteiger partial charge in [0.2, 0.25) is 11.7 Å². The predicted molar refractivity (Wildman–Crippen MR) is 146 cm³/mol. The molecule has 0 aromatic heterocycles. The Labute approximate surface area is 239 Å². The van der Waals surface area contributed by atoms with Crippen molar-refractivity contribution in [3.8, 4) is 0 Å². The molecule has 0 radical (unpaired) electrons. The van der Waals surface area contributed by atoms with Crippen LogP contribution < -0.4 is 5.32 Å². The number of alkyl halides is 1. The number of amides is 1. The maximum atomic E-state index is 17.2. The number of aliphatic hydroxyl groups excluding tert-OH is 1. The van der Waals surface area contributed by atoms with Gasteiger partial charge in [0.15, 0.2) is 18.1 Å². The monoisotopic (exact) mass is 581 g/mol. The van der Waals surface area contributed by atoms with Gasteiger partial charge >= 0.3 is 5.97 Å². The fourth-order valence-electron chi connectivity index (χ4n) is 8.04. The topological polar surface area (TPSA) is 139 Å². The minimum Gasteiger partial charge on any atom is -0.456 e. The van der Waals surface area contributed by atoms with E-state index in [9.17, 15) is 29.4 Å². The lowest BCUT2D eigenvalue weighted by Gasteiger charge is -2.62. The van der Waals surface area contributed by atoms with Crippen molar-refractivity contribution in [1.82, 2.24) is 5.32 Å². The number of allylic oxidation sites excluding steroid dienone is 4. The van der Waals surface area contributed by atoms with Crippen LogP contribution in [0.25, 0.3) is 0 Å². The summed E-state index contributed by atoms with van der Waals surface area (Å²) >= 11 is 4.00. The van der Waals surface area contributed by atoms with Crippen LogP contribution in [0, 0.1) is 28.6 Å². The van der Waals surface area contributed by atoms with Crippen LogP contribution in [-0.2, 0) is 28.7 Å². The van der Waals surface area contributed by atoms with Gasteiger partial charge in [0.25, 0.3) is 0 Å². The van der Waals surface area contributed by atoms with E-state index in [0.29, 0.717) is 37.2 Å². The van der Waals surface area contributed by atoms with Gasteiger partial charge in [-0.05, 0) is 56.6 Å². The van der Waals surface area contributed by atoms with E-state index in [0.717, 1.165) is 0 Å². The Hall–Kier alpha value is -2.08. The Bertz CT molecular complexity index is 1130. The van der Waals surface area contributed by atoms with Crippen molar-refractivity contribution >= 4 is 36.1 Å². The van der Waals surface area contributed by atoms with Crippen molar-refractivity contribution in [1.29, 1.82) is 0 Å². The normalized spacial score (nSPS) is 40.0. The van der Waals surface area contributed by atoms with Gasteiger partial charge in [-0.25, -0.2) is 4.39 Å². The van der Waals surface area contributed by atoms with E-state index in [1.54, 1.807) is 26.8 Å². The third kappa shape index (κ3) is 4.76. The number of ketones is 2. The Balaban J connectivity index is 1.45. The first-order valence-corrected chi connectivity index (χ1v) is 14.6. The fraction of sp³-hybridized carbons (Fsp3) is 0.724. The van der Waals surface area contributed by atoms with Crippen molar-refractivity contribution in [2.24, 2.45) is 28.6 Å². The Morgan fingerprint density at radius 3 is 2.65 bits per heavy atom. The second-order valence-electron chi connectivity index (χ2n) is 12.1. The summed E-state index contributed by atoms with van der Waals surface area (Å²) in [6.07, 6.45) is 3.98. The second-order valence-corrected chi connectivity index (χ2v) is 12.6. The molecule has 3 fully saturated rings. The Kier molecular flexibility index (Phi) is 8.72. The number of rotatable bonds is 10. The van der Waals surface area contributed by atoms with E-state index in [1.165, 1.54) is 12.2 Å². The van der Waals surface area contributed by atoms with Crippen molar-refractivity contribution in [2.45, 2.75) is 70.2 Å². The molecule has 8 atom stereocenters. The first-order valence-electron chi connectivity index (χ1n) is 13.9. The van der Waals surface area contributed by atoms with Crippen molar-refractivity contribution in [3.63, 3.8) is 0 Å². The molecule has 9 nitrogen and oxygen atoms in total. The molecule has 222 valence electrons. The van der Waals surface area contributed by atoms with Crippen LogP contribution in [0.1, 0.15) is 52.9 Å². The zero-order valence-corrected chi connectivity index (χ0v) is 24.2. The highest BCUT2D eigenvalue weighted by Gasteiger charge is 2.75. The lowest BCUT2D eigenvalue weighted by molar-refractivity contribution is -0.219. The molecule has 0 aliphatic heterocycles. The molecular formula is C29H40FNO8S. The number of carbonyl (C=O) groups excluding carboxylic acids is 4. The van der Waals surface area contributed by atoms with Gasteiger partial charge in [0.05, 0.1) is 19.3 Å². The van der Waals surface area contributed by atoms with E-state index in [4.69, 9.17) is 9.47 Å². The molecule has 0 spiro atoms. The number of nitrogens with one attached hydrogen (secondary N) is 1. The summed E-state index contributed by atoms with van der Waals surface area (Å²) in [5, 5.41) is 25.7. The summed E-state index contributed by atoms with van der Waals surface area (Å²) in [7, 11) is 0. The number of thiol groups is 1. The quantitative estimate of drug-likeness (QED) is 0.174. The predicted octanol–water partition coefficient (Wildman–Crippen LogP) is 1.90. The molecule has 3 N–H and O–H groups in total. The highest BCUT2D eigenvalue weighted by Crippen LogP contribution is 2.70. The Morgan fingerprint density at radius 2 is 1.95 bits per heavy atom. The van der Waals surface area contributed by atoms with Gasteiger partial charge in [0.1, 0.15) is 12.1 Å². The number of ether oxygens (including phenoxy) is 2. The summed E-state index contributed by atoms with van der Waals surface area (Å²) < 4.78 is 27.5. The van der Waals surface area contributed by atoms with Gasteiger partial charge < -0.3 is 25.0 Å². The number of fused-ring (bicyclic) bond motifs is 5. The van der Waals surface area contributed by atoms with E-state index < -0.39 is 76.8 Å². The second kappa shape index (κ2) is 11.3.